The Morgan fingerprint density at radius 3 is 2.48 bits per heavy atom. The number of benzene rings is 1. The van der Waals surface area contributed by atoms with Gasteiger partial charge in [-0.05, 0) is 31.8 Å². The molecular weight excluding hydrogens is 386 g/mol. The number of para-hydroxylation sites is 1. The molecule has 1 fully saturated rings. The van der Waals surface area contributed by atoms with Crippen LogP contribution < -0.4 is 4.90 Å². The van der Waals surface area contributed by atoms with E-state index < -0.39 is 0 Å². The largest absolute Gasteiger partial charge is 0.338 e. The van der Waals surface area contributed by atoms with Gasteiger partial charge in [-0.2, -0.15) is 9.97 Å². The fourth-order valence-electron chi connectivity index (χ4n) is 3.55. The summed E-state index contributed by atoms with van der Waals surface area (Å²) in [5, 5.41) is 10.9. The average Bonchev–Trinajstić information content (AvgIpc) is 3.00. The molecule has 0 saturated carbocycles. The van der Waals surface area contributed by atoms with E-state index in [0.29, 0.717) is 22.1 Å². The van der Waals surface area contributed by atoms with Gasteiger partial charge >= 0.3 is 0 Å². The molecule has 1 saturated heterocycles. The van der Waals surface area contributed by atoms with Crippen molar-refractivity contribution in [3.05, 3.63) is 30.1 Å². The summed E-state index contributed by atoms with van der Waals surface area (Å²) in [5.74, 6) is 1.40. The highest BCUT2D eigenvalue weighted by Crippen LogP contribution is 2.28. The summed E-state index contributed by atoms with van der Waals surface area (Å²) in [5.41, 5.74) is 2.69. The van der Waals surface area contributed by atoms with Crippen LogP contribution in [0.25, 0.3) is 22.1 Å². The lowest BCUT2D eigenvalue weighted by atomic mass is 10.2. The van der Waals surface area contributed by atoms with Crippen LogP contribution in [0, 0.1) is 6.92 Å². The highest BCUT2D eigenvalue weighted by atomic mass is 32.2. The monoisotopic (exact) mass is 407 g/mol. The number of aryl methyl sites for hydroxylation is 2. The van der Waals surface area contributed by atoms with E-state index in [1.165, 1.54) is 11.8 Å². The standard InChI is InChI=1S/C19H21N9S/c1-12-20-17(28-10-8-26(2)9-11-28)23-18(21-12)29-19-22-16-15(24-25-19)13-6-4-5-7-14(13)27(16)3/h4-7H,8-11H2,1-3H3. The molecule has 0 unspecified atom stereocenters. The topological polar surface area (TPSA) is 88.7 Å². The highest BCUT2D eigenvalue weighted by molar-refractivity contribution is 7.99. The minimum atomic E-state index is 0.526. The van der Waals surface area contributed by atoms with E-state index in [0.717, 1.165) is 48.2 Å². The summed E-state index contributed by atoms with van der Waals surface area (Å²) in [6.45, 7) is 5.70. The molecule has 0 bridgehead atoms. The number of piperazine rings is 1. The molecule has 10 heteroatoms. The summed E-state index contributed by atoms with van der Waals surface area (Å²) >= 11 is 1.32. The third-order valence-corrected chi connectivity index (χ3v) is 5.89. The van der Waals surface area contributed by atoms with Gasteiger partial charge in [0, 0.05) is 38.6 Å². The first-order valence-corrected chi connectivity index (χ1v) is 10.3. The van der Waals surface area contributed by atoms with Crippen LogP contribution in [0.4, 0.5) is 5.95 Å². The molecule has 3 aromatic heterocycles. The molecule has 1 aromatic carbocycles. The number of hydrogen-bond acceptors (Lipinski definition) is 9. The van der Waals surface area contributed by atoms with Crippen LogP contribution in [0.2, 0.25) is 0 Å². The molecular formula is C19H21N9S. The van der Waals surface area contributed by atoms with Crippen molar-refractivity contribution in [3.63, 3.8) is 0 Å². The van der Waals surface area contributed by atoms with Gasteiger partial charge in [0.25, 0.3) is 0 Å². The van der Waals surface area contributed by atoms with Gasteiger partial charge in [0.1, 0.15) is 11.3 Å². The highest BCUT2D eigenvalue weighted by Gasteiger charge is 2.19. The third kappa shape index (κ3) is 3.38. The Labute approximate surface area is 172 Å². The Bertz CT molecular complexity index is 1200. The van der Waals surface area contributed by atoms with Gasteiger partial charge in [0.2, 0.25) is 16.3 Å². The minimum Gasteiger partial charge on any atom is -0.338 e. The van der Waals surface area contributed by atoms with E-state index in [2.05, 4.69) is 48.1 Å². The maximum atomic E-state index is 4.72. The quantitative estimate of drug-likeness (QED) is 0.505. The Hall–Kier alpha value is -2.85. The summed E-state index contributed by atoms with van der Waals surface area (Å²) in [7, 11) is 4.12. The van der Waals surface area contributed by atoms with E-state index in [9.17, 15) is 0 Å². The Kier molecular flexibility index (Phi) is 4.51. The van der Waals surface area contributed by atoms with Crippen molar-refractivity contribution in [1.29, 1.82) is 0 Å². The SMILES string of the molecule is Cc1nc(Sc2nnc3c4ccccc4n(C)c3n2)nc(N2CCN(C)CC2)n1. The van der Waals surface area contributed by atoms with Crippen molar-refractivity contribution < 1.29 is 0 Å². The third-order valence-electron chi connectivity index (χ3n) is 5.17. The first-order valence-electron chi connectivity index (χ1n) is 9.50. The zero-order valence-electron chi connectivity index (χ0n) is 16.6. The normalized spacial score (nSPS) is 15.5. The molecule has 1 aliphatic heterocycles. The fraction of sp³-hybridized carbons (Fsp3) is 0.368. The number of fused-ring (bicyclic) bond motifs is 3. The molecule has 0 spiro atoms. The van der Waals surface area contributed by atoms with E-state index in [4.69, 9.17) is 4.98 Å². The maximum absolute atomic E-state index is 4.72. The van der Waals surface area contributed by atoms with Crippen LogP contribution in [0.5, 0.6) is 0 Å². The van der Waals surface area contributed by atoms with Gasteiger partial charge in [-0.3, -0.25) is 0 Å². The van der Waals surface area contributed by atoms with E-state index in [1.807, 2.05) is 36.7 Å². The second-order valence-electron chi connectivity index (χ2n) is 7.20. The number of aromatic nitrogens is 7. The molecule has 0 amide bonds. The van der Waals surface area contributed by atoms with Gasteiger partial charge < -0.3 is 14.4 Å². The number of likely N-dealkylation sites (N-methyl/N-ethyl adjacent to an activating group) is 1. The van der Waals surface area contributed by atoms with Crippen molar-refractivity contribution in [2.75, 3.05) is 38.1 Å². The van der Waals surface area contributed by atoms with Crippen LogP contribution in [-0.2, 0) is 7.05 Å². The second-order valence-corrected chi connectivity index (χ2v) is 8.13. The predicted molar refractivity (Wildman–Crippen MR) is 112 cm³/mol. The van der Waals surface area contributed by atoms with E-state index >= 15 is 0 Å². The molecule has 9 nitrogen and oxygen atoms in total. The molecule has 0 radical (unpaired) electrons. The van der Waals surface area contributed by atoms with Gasteiger partial charge in [-0.1, -0.05) is 18.2 Å². The zero-order valence-corrected chi connectivity index (χ0v) is 17.4. The second kappa shape index (κ2) is 7.20. The van der Waals surface area contributed by atoms with E-state index in [-0.39, 0.29) is 0 Å². The number of hydrogen-bond donors (Lipinski definition) is 0. The summed E-state index contributed by atoms with van der Waals surface area (Å²) in [6, 6.07) is 8.11. The van der Waals surface area contributed by atoms with Crippen LogP contribution in [0.3, 0.4) is 0 Å². The summed E-state index contributed by atoms with van der Waals surface area (Å²) in [6.07, 6.45) is 0. The summed E-state index contributed by atoms with van der Waals surface area (Å²) < 4.78 is 2.04. The van der Waals surface area contributed by atoms with Gasteiger partial charge in [0.05, 0.1) is 5.52 Å². The number of rotatable bonds is 3. The first kappa shape index (κ1) is 18.2. The molecule has 1 aliphatic rings. The number of anilines is 1. The fourth-order valence-corrected chi connectivity index (χ4v) is 4.24. The van der Waals surface area contributed by atoms with Crippen LogP contribution in [0.1, 0.15) is 5.82 Å². The predicted octanol–water partition coefficient (Wildman–Crippen LogP) is 1.91. The Balaban J connectivity index is 1.47. The van der Waals surface area contributed by atoms with Gasteiger partial charge in [0.15, 0.2) is 5.65 Å². The van der Waals surface area contributed by atoms with Crippen molar-refractivity contribution in [2.24, 2.45) is 7.05 Å². The molecule has 148 valence electrons. The molecule has 29 heavy (non-hydrogen) atoms. The average molecular weight is 408 g/mol. The maximum Gasteiger partial charge on any atom is 0.229 e. The lowest BCUT2D eigenvalue weighted by Crippen LogP contribution is -2.45. The molecule has 5 rings (SSSR count). The lowest BCUT2D eigenvalue weighted by molar-refractivity contribution is 0.310. The molecule has 0 aliphatic carbocycles. The van der Waals surface area contributed by atoms with Crippen molar-refractivity contribution in [1.82, 2.24) is 39.6 Å². The molecule has 4 aromatic rings. The summed E-state index contributed by atoms with van der Waals surface area (Å²) in [4.78, 5) is 22.9. The lowest BCUT2D eigenvalue weighted by Gasteiger charge is -2.32. The molecule has 4 heterocycles. The first-order chi connectivity index (χ1) is 14.1. The van der Waals surface area contributed by atoms with Crippen molar-refractivity contribution in [2.45, 2.75) is 17.2 Å². The van der Waals surface area contributed by atoms with Gasteiger partial charge in [-0.15, -0.1) is 10.2 Å². The number of nitrogens with zero attached hydrogens (tertiary/aromatic N) is 9. The van der Waals surface area contributed by atoms with Crippen LogP contribution in [-0.4, -0.2) is 72.8 Å². The van der Waals surface area contributed by atoms with Crippen molar-refractivity contribution >= 4 is 39.8 Å². The van der Waals surface area contributed by atoms with Gasteiger partial charge in [-0.25, -0.2) is 9.97 Å². The van der Waals surface area contributed by atoms with Crippen LogP contribution >= 0.6 is 11.8 Å². The smallest absolute Gasteiger partial charge is 0.229 e. The minimum absolute atomic E-state index is 0.526. The van der Waals surface area contributed by atoms with Crippen molar-refractivity contribution in [3.8, 4) is 0 Å². The Morgan fingerprint density at radius 1 is 0.862 bits per heavy atom. The molecule has 0 atom stereocenters. The molecule has 0 N–H and O–H groups in total. The Morgan fingerprint density at radius 2 is 1.66 bits per heavy atom. The van der Waals surface area contributed by atoms with E-state index in [1.54, 1.807) is 0 Å². The zero-order chi connectivity index (χ0) is 20.0. The van der Waals surface area contributed by atoms with Crippen LogP contribution in [0.15, 0.2) is 34.6 Å².